The first-order chi connectivity index (χ1) is 18.1. The predicted octanol–water partition coefficient (Wildman–Crippen LogP) is 4.22. The van der Waals surface area contributed by atoms with E-state index in [0.29, 0.717) is 19.4 Å². The number of rotatable bonds is 11. The highest BCUT2D eigenvalue weighted by molar-refractivity contribution is 7.81. The maximum atomic E-state index is 14.1. The van der Waals surface area contributed by atoms with E-state index in [0.717, 1.165) is 12.3 Å². The summed E-state index contributed by atoms with van der Waals surface area (Å²) in [7, 11) is 0. The molecule has 0 radical (unpaired) electrons. The topological polar surface area (TPSA) is 107 Å². The van der Waals surface area contributed by atoms with Gasteiger partial charge in [-0.3, -0.25) is 14.6 Å². The van der Waals surface area contributed by atoms with Crippen LogP contribution in [0.1, 0.15) is 71.4 Å². The molecular weight excluding hydrogens is 545 g/mol. The molecule has 0 bridgehead atoms. The largest absolute Gasteiger partial charge is 0.408 e. The Morgan fingerprint density at radius 3 is 2.44 bits per heavy atom. The van der Waals surface area contributed by atoms with Crippen LogP contribution in [-0.2, 0) is 9.59 Å². The standard InChI is InChI=1S/C25H34F5N5O3S/c1-6-18(25(28,29)30)34-19-10-16(22(26)27)17(11-31-19)21(39)20(24(38)35-9-7-8-12(35)2)32-14(4)23(37)33-13(3)15(5)36/h10-13,15,18,20,22,36H,6-9H2,1-5H3,(H,31,34)(H,33,37)/t12-,13+,15-,18-,20?/m0/s1. The molecule has 1 unspecified atom stereocenters. The number of aliphatic hydroxyl groups excluding tert-OH is 1. The van der Waals surface area contributed by atoms with Crippen molar-refractivity contribution in [3.8, 4) is 0 Å². The molecule has 0 aromatic carbocycles. The van der Waals surface area contributed by atoms with Crippen LogP contribution < -0.4 is 10.6 Å². The second kappa shape index (κ2) is 13.6. The van der Waals surface area contributed by atoms with E-state index in [1.807, 2.05) is 6.92 Å². The molecule has 5 atom stereocenters. The minimum atomic E-state index is -4.63. The molecular formula is C25H34F5N5O3S. The first-order valence-electron chi connectivity index (χ1n) is 12.6. The second-order valence-electron chi connectivity index (χ2n) is 9.61. The fourth-order valence-corrected chi connectivity index (χ4v) is 4.33. The summed E-state index contributed by atoms with van der Waals surface area (Å²) in [5.41, 5.74) is -1.22. The molecule has 1 saturated heterocycles. The van der Waals surface area contributed by atoms with Crippen molar-refractivity contribution < 1.29 is 36.6 Å². The highest BCUT2D eigenvalue weighted by Crippen LogP contribution is 2.30. The Balaban J connectivity index is 2.51. The minimum Gasteiger partial charge on any atom is -0.391 e. The SMILES string of the molecule is CC[C@H](Nc1cc(C(F)F)c(C(=S)C(N=C(C)C(=O)N[C@H](C)[C@H](C)O)C(=O)N2CCC[C@@H]2C)cn1)C(F)(F)F. The van der Waals surface area contributed by atoms with Gasteiger partial charge in [0.15, 0.2) is 6.04 Å². The summed E-state index contributed by atoms with van der Waals surface area (Å²) < 4.78 is 67.8. The lowest BCUT2D eigenvalue weighted by Crippen LogP contribution is -2.46. The Kier molecular flexibility index (Phi) is 11.3. The van der Waals surface area contributed by atoms with Gasteiger partial charge >= 0.3 is 6.18 Å². The molecule has 218 valence electrons. The lowest BCUT2D eigenvalue weighted by molar-refractivity contribution is -0.143. The number of alkyl halides is 5. The monoisotopic (exact) mass is 579 g/mol. The normalized spacial score (nSPS) is 19.4. The zero-order valence-electron chi connectivity index (χ0n) is 22.4. The Labute approximate surface area is 229 Å². The molecule has 39 heavy (non-hydrogen) atoms. The molecule has 2 heterocycles. The van der Waals surface area contributed by atoms with E-state index in [-0.39, 0.29) is 28.6 Å². The fourth-order valence-electron chi connectivity index (χ4n) is 4.01. The zero-order valence-corrected chi connectivity index (χ0v) is 23.2. The van der Waals surface area contributed by atoms with Crippen molar-refractivity contribution in [2.75, 3.05) is 11.9 Å². The average Bonchev–Trinajstić information content (AvgIpc) is 3.29. The van der Waals surface area contributed by atoms with E-state index >= 15 is 0 Å². The van der Waals surface area contributed by atoms with Crippen LogP contribution in [0.5, 0.6) is 0 Å². The molecule has 2 rings (SSSR count). The molecule has 1 aromatic rings. The Hall–Kier alpha value is -2.74. The van der Waals surface area contributed by atoms with Crippen LogP contribution in [0.3, 0.4) is 0 Å². The number of amides is 2. The summed E-state index contributed by atoms with van der Waals surface area (Å²) in [4.78, 5) is 35.4. The number of pyridine rings is 1. The van der Waals surface area contributed by atoms with Crippen molar-refractivity contribution in [1.82, 2.24) is 15.2 Å². The van der Waals surface area contributed by atoms with Crippen molar-refractivity contribution in [3.05, 3.63) is 23.4 Å². The van der Waals surface area contributed by atoms with Gasteiger partial charge in [-0.25, -0.2) is 13.8 Å². The molecule has 8 nitrogen and oxygen atoms in total. The van der Waals surface area contributed by atoms with Crippen LogP contribution in [0.4, 0.5) is 27.8 Å². The molecule has 1 fully saturated rings. The molecule has 1 aromatic heterocycles. The molecule has 0 aliphatic carbocycles. The van der Waals surface area contributed by atoms with Crippen molar-refractivity contribution in [2.45, 2.75) is 96.8 Å². The number of hydrogen-bond acceptors (Lipinski definition) is 7. The maximum Gasteiger partial charge on any atom is 0.408 e. The van der Waals surface area contributed by atoms with E-state index in [4.69, 9.17) is 12.2 Å². The lowest BCUT2D eigenvalue weighted by atomic mass is 10.0. The Bertz CT molecular complexity index is 1080. The van der Waals surface area contributed by atoms with Gasteiger partial charge in [-0.15, -0.1) is 0 Å². The van der Waals surface area contributed by atoms with Crippen LogP contribution in [-0.4, -0.2) is 80.4 Å². The van der Waals surface area contributed by atoms with Gasteiger partial charge in [-0.05, 0) is 53.0 Å². The van der Waals surface area contributed by atoms with Gasteiger partial charge in [0.2, 0.25) is 0 Å². The van der Waals surface area contributed by atoms with Gasteiger partial charge in [0, 0.05) is 29.9 Å². The van der Waals surface area contributed by atoms with Crippen LogP contribution in [0.15, 0.2) is 17.3 Å². The van der Waals surface area contributed by atoms with E-state index in [1.54, 1.807) is 6.92 Å². The van der Waals surface area contributed by atoms with Crippen molar-refractivity contribution in [1.29, 1.82) is 0 Å². The highest BCUT2D eigenvalue weighted by Gasteiger charge is 2.39. The lowest BCUT2D eigenvalue weighted by Gasteiger charge is -2.27. The molecule has 0 saturated carbocycles. The number of nitrogens with zero attached hydrogens (tertiary/aromatic N) is 3. The summed E-state index contributed by atoms with van der Waals surface area (Å²) in [6.07, 6.45) is -6.70. The van der Waals surface area contributed by atoms with Crippen LogP contribution in [0, 0.1) is 0 Å². The van der Waals surface area contributed by atoms with Gasteiger partial charge < -0.3 is 20.6 Å². The van der Waals surface area contributed by atoms with Gasteiger partial charge in [0.25, 0.3) is 18.2 Å². The molecule has 0 spiro atoms. The first kappa shape index (κ1) is 32.5. The number of thiocarbonyl (C=S) groups is 1. The number of anilines is 1. The van der Waals surface area contributed by atoms with Crippen LogP contribution in [0.2, 0.25) is 0 Å². The summed E-state index contributed by atoms with van der Waals surface area (Å²) in [6, 6.07) is -3.58. The summed E-state index contributed by atoms with van der Waals surface area (Å²) >= 11 is 5.45. The number of carbonyl (C=O) groups is 2. The maximum absolute atomic E-state index is 14.1. The number of halogens is 5. The van der Waals surface area contributed by atoms with Gasteiger partial charge in [-0.1, -0.05) is 19.1 Å². The predicted molar refractivity (Wildman–Crippen MR) is 141 cm³/mol. The van der Waals surface area contributed by atoms with E-state index in [9.17, 15) is 36.6 Å². The number of aliphatic hydroxyl groups is 1. The number of aromatic nitrogens is 1. The number of likely N-dealkylation sites (tertiary alicyclic amines) is 1. The second-order valence-corrected chi connectivity index (χ2v) is 10.1. The van der Waals surface area contributed by atoms with Gasteiger partial charge in [-0.2, -0.15) is 13.2 Å². The zero-order chi connectivity index (χ0) is 29.7. The van der Waals surface area contributed by atoms with Crippen LogP contribution >= 0.6 is 12.2 Å². The summed E-state index contributed by atoms with van der Waals surface area (Å²) in [6.45, 7) is 7.85. The van der Waals surface area contributed by atoms with Crippen molar-refractivity contribution in [2.24, 2.45) is 4.99 Å². The number of nitrogens with one attached hydrogen (secondary N) is 2. The quantitative estimate of drug-likeness (QED) is 0.157. The van der Waals surface area contributed by atoms with Crippen molar-refractivity contribution >= 4 is 40.4 Å². The van der Waals surface area contributed by atoms with E-state index in [1.165, 1.54) is 25.7 Å². The molecule has 14 heteroatoms. The fraction of sp³-hybridized carbons (Fsp3) is 0.640. The smallest absolute Gasteiger partial charge is 0.391 e. The molecule has 1 aliphatic rings. The van der Waals surface area contributed by atoms with E-state index in [2.05, 4.69) is 20.6 Å². The summed E-state index contributed by atoms with van der Waals surface area (Å²) in [5, 5.41) is 14.3. The van der Waals surface area contributed by atoms with Crippen LogP contribution in [0.25, 0.3) is 0 Å². The first-order valence-corrected chi connectivity index (χ1v) is 13.0. The Morgan fingerprint density at radius 2 is 1.95 bits per heavy atom. The average molecular weight is 580 g/mol. The third kappa shape index (κ3) is 8.37. The molecule has 2 amide bonds. The minimum absolute atomic E-state index is 0.171. The van der Waals surface area contributed by atoms with Crippen molar-refractivity contribution in [3.63, 3.8) is 0 Å². The third-order valence-corrected chi connectivity index (χ3v) is 7.06. The van der Waals surface area contributed by atoms with Gasteiger partial charge in [0.1, 0.15) is 11.9 Å². The Morgan fingerprint density at radius 1 is 1.31 bits per heavy atom. The highest BCUT2D eigenvalue weighted by atomic mass is 32.1. The molecule has 3 N–H and O–H groups in total. The summed E-state index contributed by atoms with van der Waals surface area (Å²) in [5.74, 6) is -1.71. The third-order valence-electron chi connectivity index (χ3n) is 6.61. The number of carbonyl (C=O) groups excluding carboxylic acids is 2. The van der Waals surface area contributed by atoms with Gasteiger partial charge in [0.05, 0.1) is 22.7 Å². The molecule has 1 aliphatic heterocycles. The number of aliphatic imine (C=N–C) groups is 1. The number of hydrogen-bond donors (Lipinski definition) is 3. The van der Waals surface area contributed by atoms with E-state index < -0.39 is 60.0 Å².